The van der Waals surface area contributed by atoms with E-state index in [-0.39, 0.29) is 36.5 Å². The zero-order chi connectivity index (χ0) is 32.4. The molecule has 1 aliphatic carbocycles. The van der Waals surface area contributed by atoms with E-state index in [1.54, 1.807) is 54.9 Å². The molecule has 2 aromatic heterocycles. The Labute approximate surface area is 268 Å². The lowest BCUT2D eigenvalue weighted by Crippen LogP contribution is -2.44. The van der Waals surface area contributed by atoms with Crippen LogP contribution < -0.4 is 11.1 Å². The van der Waals surface area contributed by atoms with Gasteiger partial charge in [-0.2, -0.15) is 5.10 Å². The summed E-state index contributed by atoms with van der Waals surface area (Å²) in [6.07, 6.45) is 6.53. The number of likely N-dealkylation sites (tertiary alicyclic amines) is 1. The number of aromatic nitrogens is 4. The molecular formula is C34H28ClF2N7O2. The number of hydrogen-bond donors (Lipinski definition) is 2. The van der Waals surface area contributed by atoms with E-state index in [1.165, 1.54) is 10.7 Å². The van der Waals surface area contributed by atoms with Gasteiger partial charge in [0.2, 0.25) is 17.6 Å². The highest BCUT2D eigenvalue weighted by molar-refractivity contribution is 6.33. The fraction of sp³-hybridized carbons (Fsp3) is 0.206. The van der Waals surface area contributed by atoms with Crippen molar-refractivity contribution < 1.29 is 18.4 Å². The third-order valence-electron chi connectivity index (χ3n) is 7.75. The van der Waals surface area contributed by atoms with Gasteiger partial charge in [-0.05, 0) is 54.7 Å². The SMILES string of the molecule is C=C(N)c1nn(CC(=O)N2C[C@H](F)C[C@H]2C(=O)Nc2cccc(C3=C(Cl)CCC=C3)c2F)c2ccc(C#Cc3ncccn3)cc12. The molecule has 12 heteroatoms. The number of nitrogens with zero attached hydrogens (tertiary/aromatic N) is 5. The Morgan fingerprint density at radius 1 is 1.15 bits per heavy atom. The summed E-state index contributed by atoms with van der Waals surface area (Å²) in [5.74, 6) is 4.35. The van der Waals surface area contributed by atoms with Crippen molar-refractivity contribution >= 4 is 51.3 Å². The molecule has 0 unspecified atom stereocenters. The van der Waals surface area contributed by atoms with Gasteiger partial charge in [0, 0.05) is 40.4 Å². The van der Waals surface area contributed by atoms with Crippen molar-refractivity contribution in [2.75, 3.05) is 11.9 Å². The molecule has 2 amide bonds. The summed E-state index contributed by atoms with van der Waals surface area (Å²) in [6.45, 7) is 3.22. The standard InChI is InChI=1S/C34H28ClF2N7O2/c1-20(38)33-25-16-21(11-13-30-39-14-5-15-40-30)10-12-28(25)44(42-33)19-31(45)43-18-22(36)17-29(43)34(46)41-27-9-4-7-24(32(27)37)23-6-2-3-8-26(23)35/h2,4-7,9-10,12,14-16,22,29H,1,3,8,17-19,38H2,(H,41,46)/t22-,29+/m1/s1. The highest BCUT2D eigenvalue weighted by atomic mass is 35.5. The van der Waals surface area contributed by atoms with Crippen molar-refractivity contribution in [3.63, 3.8) is 0 Å². The van der Waals surface area contributed by atoms with Gasteiger partial charge < -0.3 is 16.0 Å². The number of anilines is 1. The van der Waals surface area contributed by atoms with Crippen LogP contribution in [0.25, 0.3) is 22.2 Å². The first kappa shape index (κ1) is 30.7. The number of benzene rings is 2. The molecule has 1 aliphatic heterocycles. The third kappa shape index (κ3) is 6.25. The number of carbonyl (C=O) groups excluding carboxylic acids is 2. The van der Waals surface area contributed by atoms with Gasteiger partial charge in [0.05, 0.1) is 23.4 Å². The second-order valence-corrected chi connectivity index (χ2v) is 11.4. The Morgan fingerprint density at radius 3 is 2.72 bits per heavy atom. The van der Waals surface area contributed by atoms with Crippen LogP contribution in [-0.2, 0) is 16.1 Å². The first-order valence-corrected chi connectivity index (χ1v) is 14.9. The molecule has 0 radical (unpaired) electrons. The maximum atomic E-state index is 15.5. The molecule has 1 fully saturated rings. The van der Waals surface area contributed by atoms with E-state index >= 15 is 4.39 Å². The summed E-state index contributed by atoms with van der Waals surface area (Å²) in [5.41, 5.74) is 8.46. The number of fused-ring (bicyclic) bond motifs is 1. The number of nitrogens with one attached hydrogen (secondary N) is 1. The fourth-order valence-electron chi connectivity index (χ4n) is 5.56. The Balaban J connectivity index is 1.23. The molecule has 4 aromatic rings. The molecule has 232 valence electrons. The van der Waals surface area contributed by atoms with Gasteiger partial charge in [-0.3, -0.25) is 14.3 Å². The Hall–Kier alpha value is -5.34. The number of allylic oxidation sites excluding steroid dienone is 4. The average Bonchev–Trinajstić information content (AvgIpc) is 3.62. The smallest absolute Gasteiger partial charge is 0.247 e. The van der Waals surface area contributed by atoms with Gasteiger partial charge in [0.15, 0.2) is 5.82 Å². The lowest BCUT2D eigenvalue weighted by Gasteiger charge is -2.24. The van der Waals surface area contributed by atoms with Crippen LogP contribution in [0.5, 0.6) is 0 Å². The summed E-state index contributed by atoms with van der Waals surface area (Å²) in [5, 5.41) is 8.19. The van der Waals surface area contributed by atoms with Gasteiger partial charge in [0.1, 0.15) is 24.5 Å². The summed E-state index contributed by atoms with van der Waals surface area (Å²) >= 11 is 6.35. The summed E-state index contributed by atoms with van der Waals surface area (Å²) < 4.78 is 31.7. The minimum Gasteiger partial charge on any atom is -0.397 e. The number of carbonyl (C=O) groups is 2. The maximum absolute atomic E-state index is 15.5. The van der Waals surface area contributed by atoms with Crippen molar-refractivity contribution in [1.29, 1.82) is 0 Å². The molecule has 0 spiro atoms. The molecule has 9 nitrogen and oxygen atoms in total. The van der Waals surface area contributed by atoms with Crippen molar-refractivity contribution in [2.24, 2.45) is 5.73 Å². The molecule has 6 rings (SSSR count). The predicted octanol–water partition coefficient (Wildman–Crippen LogP) is 5.17. The van der Waals surface area contributed by atoms with Crippen LogP contribution in [0.4, 0.5) is 14.5 Å². The number of nitrogens with two attached hydrogens (primary N) is 1. The van der Waals surface area contributed by atoms with E-state index in [0.29, 0.717) is 45.0 Å². The minimum atomic E-state index is -1.43. The summed E-state index contributed by atoms with van der Waals surface area (Å²) in [4.78, 5) is 36.3. The molecule has 46 heavy (non-hydrogen) atoms. The largest absolute Gasteiger partial charge is 0.397 e. The van der Waals surface area contributed by atoms with E-state index in [1.807, 2.05) is 6.08 Å². The second kappa shape index (κ2) is 12.9. The summed E-state index contributed by atoms with van der Waals surface area (Å²) in [6, 6.07) is 10.4. The van der Waals surface area contributed by atoms with Crippen molar-refractivity contribution in [2.45, 2.75) is 38.0 Å². The minimum absolute atomic E-state index is 0.0879. The lowest BCUT2D eigenvalue weighted by molar-refractivity contribution is -0.137. The number of amides is 2. The Morgan fingerprint density at radius 2 is 1.96 bits per heavy atom. The Bertz CT molecular complexity index is 1990. The highest BCUT2D eigenvalue weighted by Crippen LogP contribution is 2.34. The van der Waals surface area contributed by atoms with Crippen LogP contribution in [0.2, 0.25) is 0 Å². The highest BCUT2D eigenvalue weighted by Gasteiger charge is 2.40. The van der Waals surface area contributed by atoms with E-state index in [0.717, 1.165) is 11.3 Å². The number of halogens is 3. The molecule has 2 aromatic carbocycles. The van der Waals surface area contributed by atoms with Crippen LogP contribution in [0.1, 0.15) is 41.9 Å². The van der Waals surface area contributed by atoms with Crippen LogP contribution in [0.3, 0.4) is 0 Å². The number of hydrogen-bond acceptors (Lipinski definition) is 6. The van der Waals surface area contributed by atoms with Gasteiger partial charge in [-0.1, -0.05) is 48.4 Å². The van der Waals surface area contributed by atoms with Gasteiger partial charge in [0.25, 0.3) is 0 Å². The molecule has 0 bridgehead atoms. The predicted molar refractivity (Wildman–Crippen MR) is 172 cm³/mol. The molecule has 3 N–H and O–H groups in total. The second-order valence-electron chi connectivity index (χ2n) is 10.9. The van der Waals surface area contributed by atoms with Crippen LogP contribution in [0, 0.1) is 17.7 Å². The van der Waals surface area contributed by atoms with Crippen LogP contribution >= 0.6 is 11.6 Å². The van der Waals surface area contributed by atoms with Gasteiger partial charge in [-0.25, -0.2) is 18.7 Å². The fourth-order valence-corrected chi connectivity index (χ4v) is 5.83. The first-order valence-electron chi connectivity index (χ1n) is 14.5. The van der Waals surface area contributed by atoms with Crippen LogP contribution in [-0.4, -0.2) is 55.2 Å². The monoisotopic (exact) mass is 639 g/mol. The molecule has 2 aliphatic rings. The zero-order valence-corrected chi connectivity index (χ0v) is 25.3. The normalized spacial score (nSPS) is 17.6. The third-order valence-corrected chi connectivity index (χ3v) is 8.14. The van der Waals surface area contributed by atoms with Crippen molar-refractivity contribution in [3.8, 4) is 11.8 Å². The first-order chi connectivity index (χ1) is 22.2. The van der Waals surface area contributed by atoms with E-state index in [4.69, 9.17) is 17.3 Å². The van der Waals surface area contributed by atoms with Gasteiger partial charge >= 0.3 is 0 Å². The van der Waals surface area contributed by atoms with Crippen LogP contribution in [0.15, 0.2) is 78.6 Å². The van der Waals surface area contributed by atoms with E-state index in [2.05, 4.69) is 38.8 Å². The quantitative estimate of drug-likeness (QED) is 0.281. The molecule has 1 saturated heterocycles. The average molecular weight is 640 g/mol. The van der Waals surface area contributed by atoms with E-state index < -0.39 is 29.8 Å². The van der Waals surface area contributed by atoms with Gasteiger partial charge in [-0.15, -0.1) is 0 Å². The molecule has 0 saturated carbocycles. The molecule has 3 heterocycles. The zero-order valence-electron chi connectivity index (χ0n) is 24.5. The van der Waals surface area contributed by atoms with Crippen molar-refractivity contribution in [3.05, 3.63) is 107 Å². The number of rotatable bonds is 6. The molecular weight excluding hydrogens is 612 g/mol. The van der Waals surface area contributed by atoms with E-state index in [9.17, 15) is 14.0 Å². The Kier molecular flexibility index (Phi) is 8.63. The molecule has 2 atom stereocenters. The summed E-state index contributed by atoms with van der Waals surface area (Å²) in [7, 11) is 0. The topological polar surface area (TPSA) is 119 Å². The number of alkyl halides is 1. The van der Waals surface area contributed by atoms with Crippen molar-refractivity contribution in [1.82, 2.24) is 24.6 Å². The lowest BCUT2D eigenvalue weighted by atomic mass is 9.98. The maximum Gasteiger partial charge on any atom is 0.247 e.